The Kier molecular flexibility index (Phi) is 10.6. The van der Waals surface area contributed by atoms with Gasteiger partial charge in [-0.15, -0.1) is 0 Å². The number of phenols is 1. The summed E-state index contributed by atoms with van der Waals surface area (Å²) in [5.41, 5.74) is 1.13. The first-order chi connectivity index (χ1) is 17.9. The molecule has 1 fully saturated rings. The summed E-state index contributed by atoms with van der Waals surface area (Å²) in [5, 5.41) is 21.4. The van der Waals surface area contributed by atoms with Crippen LogP contribution in [0.2, 0.25) is 0 Å². The fourth-order valence-corrected chi connectivity index (χ4v) is 4.74. The number of amides is 1. The Morgan fingerprint density at radius 1 is 0.946 bits per heavy atom. The lowest BCUT2D eigenvalue weighted by Gasteiger charge is -2.28. The van der Waals surface area contributed by atoms with Gasteiger partial charge in [0, 0.05) is 12.1 Å². The molecule has 2 N–H and O–H groups in total. The summed E-state index contributed by atoms with van der Waals surface area (Å²) in [6, 6.07) is 12.8. The van der Waals surface area contributed by atoms with E-state index < -0.39 is 17.7 Å². The SMILES string of the molecule is CCCCN(CCCC)CCCN1C(=O)C(=O)C(=C(O)c2ccccc2)C1c1ccc(O)c(OCC)c1. The number of carbonyl (C=O) groups is 2. The van der Waals surface area contributed by atoms with Crippen molar-refractivity contribution in [2.75, 3.05) is 32.8 Å². The Morgan fingerprint density at radius 2 is 1.59 bits per heavy atom. The van der Waals surface area contributed by atoms with Crippen molar-refractivity contribution in [1.82, 2.24) is 9.80 Å². The molecule has 1 heterocycles. The number of hydrogen-bond donors (Lipinski definition) is 2. The number of hydrogen-bond acceptors (Lipinski definition) is 6. The highest BCUT2D eigenvalue weighted by atomic mass is 16.5. The molecule has 2 aromatic carbocycles. The lowest BCUT2D eigenvalue weighted by atomic mass is 9.95. The Morgan fingerprint density at radius 3 is 2.22 bits per heavy atom. The van der Waals surface area contributed by atoms with Crippen molar-refractivity contribution in [1.29, 1.82) is 0 Å². The van der Waals surface area contributed by atoms with Crippen molar-refractivity contribution in [3.8, 4) is 11.5 Å². The number of unbranched alkanes of at least 4 members (excludes halogenated alkanes) is 2. The van der Waals surface area contributed by atoms with E-state index >= 15 is 0 Å². The number of aliphatic hydroxyl groups is 1. The first kappa shape index (κ1) is 28.3. The van der Waals surface area contributed by atoms with E-state index in [0.717, 1.165) is 45.3 Å². The lowest BCUT2D eigenvalue weighted by Crippen LogP contribution is -2.34. The molecule has 0 aliphatic carbocycles. The number of aliphatic hydroxyl groups excluding tert-OH is 1. The van der Waals surface area contributed by atoms with Gasteiger partial charge in [0.1, 0.15) is 5.76 Å². The summed E-state index contributed by atoms with van der Waals surface area (Å²) in [7, 11) is 0. The minimum Gasteiger partial charge on any atom is -0.507 e. The molecule has 0 bridgehead atoms. The van der Waals surface area contributed by atoms with Crippen molar-refractivity contribution >= 4 is 17.4 Å². The molecule has 1 unspecified atom stereocenters. The van der Waals surface area contributed by atoms with Crippen LogP contribution in [0, 0.1) is 0 Å². The summed E-state index contributed by atoms with van der Waals surface area (Å²) in [6.45, 7) is 9.76. The molecule has 0 spiro atoms. The van der Waals surface area contributed by atoms with Gasteiger partial charge in [0.25, 0.3) is 11.7 Å². The zero-order valence-corrected chi connectivity index (χ0v) is 22.3. The lowest BCUT2D eigenvalue weighted by molar-refractivity contribution is -0.140. The molecule has 7 heteroatoms. The van der Waals surface area contributed by atoms with Gasteiger partial charge in [0.15, 0.2) is 11.5 Å². The van der Waals surface area contributed by atoms with Crippen LogP contribution in [0.25, 0.3) is 5.76 Å². The van der Waals surface area contributed by atoms with E-state index in [9.17, 15) is 19.8 Å². The summed E-state index contributed by atoms with van der Waals surface area (Å²) < 4.78 is 5.57. The van der Waals surface area contributed by atoms with Crippen LogP contribution in [0.3, 0.4) is 0 Å². The highest BCUT2D eigenvalue weighted by Crippen LogP contribution is 2.41. The van der Waals surface area contributed by atoms with Gasteiger partial charge in [-0.1, -0.05) is 63.1 Å². The number of Topliss-reactive ketones (excluding diaryl/α,β-unsaturated/α-hetero) is 1. The number of aromatic hydroxyl groups is 1. The Balaban J connectivity index is 1.96. The molecule has 37 heavy (non-hydrogen) atoms. The minimum absolute atomic E-state index is 0.0203. The molecule has 7 nitrogen and oxygen atoms in total. The van der Waals surface area contributed by atoms with Crippen molar-refractivity contribution in [3.63, 3.8) is 0 Å². The van der Waals surface area contributed by atoms with Crippen molar-refractivity contribution in [2.24, 2.45) is 0 Å². The van der Waals surface area contributed by atoms with Gasteiger partial charge in [-0.05, 0) is 63.5 Å². The molecular weight excluding hydrogens is 468 g/mol. The third-order valence-electron chi connectivity index (χ3n) is 6.72. The van der Waals surface area contributed by atoms with Crippen LogP contribution in [0.15, 0.2) is 54.1 Å². The maximum absolute atomic E-state index is 13.3. The molecule has 0 aromatic heterocycles. The zero-order valence-electron chi connectivity index (χ0n) is 22.3. The second kappa shape index (κ2) is 13.8. The number of ether oxygens (including phenoxy) is 1. The zero-order chi connectivity index (χ0) is 26.8. The van der Waals surface area contributed by atoms with Crippen LogP contribution in [0.1, 0.15) is 70.0 Å². The van der Waals surface area contributed by atoms with Gasteiger partial charge in [0.05, 0.1) is 18.2 Å². The van der Waals surface area contributed by atoms with Crippen LogP contribution in [0.4, 0.5) is 0 Å². The largest absolute Gasteiger partial charge is 0.507 e. The predicted molar refractivity (Wildman–Crippen MR) is 146 cm³/mol. The molecule has 3 rings (SSSR count). The predicted octanol–water partition coefficient (Wildman–Crippen LogP) is 5.50. The molecule has 2 aromatic rings. The molecule has 0 saturated carbocycles. The van der Waals surface area contributed by atoms with Crippen LogP contribution in [-0.2, 0) is 9.59 Å². The second-order valence-corrected chi connectivity index (χ2v) is 9.42. The summed E-state index contributed by atoms with van der Waals surface area (Å²) in [6.07, 6.45) is 5.20. The van der Waals surface area contributed by atoms with E-state index in [1.807, 2.05) is 13.0 Å². The third-order valence-corrected chi connectivity index (χ3v) is 6.72. The highest BCUT2D eigenvalue weighted by molar-refractivity contribution is 6.46. The summed E-state index contributed by atoms with van der Waals surface area (Å²) in [5.74, 6) is -1.28. The summed E-state index contributed by atoms with van der Waals surface area (Å²) >= 11 is 0. The molecule has 1 saturated heterocycles. The van der Waals surface area contributed by atoms with Crippen LogP contribution < -0.4 is 4.74 Å². The fourth-order valence-electron chi connectivity index (χ4n) is 4.74. The van der Waals surface area contributed by atoms with Crippen LogP contribution >= 0.6 is 0 Å². The third kappa shape index (κ3) is 6.92. The molecule has 1 aliphatic heterocycles. The molecule has 200 valence electrons. The van der Waals surface area contributed by atoms with Gasteiger partial charge in [0.2, 0.25) is 0 Å². The standard InChI is InChI=1S/C30H40N2O5/c1-4-7-17-31(18-8-5-2)19-12-20-32-27(23-15-16-24(33)25(21-23)37-6-3)26(29(35)30(32)36)28(34)22-13-10-9-11-14-22/h9-11,13-16,21,27,33-34H,4-8,12,17-20H2,1-3H3. The fraction of sp³-hybridized carbons (Fsp3) is 0.467. The van der Waals surface area contributed by atoms with Gasteiger partial charge in [-0.3, -0.25) is 9.59 Å². The van der Waals surface area contributed by atoms with Gasteiger partial charge < -0.3 is 24.7 Å². The van der Waals surface area contributed by atoms with E-state index in [1.165, 1.54) is 6.07 Å². The van der Waals surface area contributed by atoms with Crippen LogP contribution in [-0.4, -0.2) is 64.5 Å². The van der Waals surface area contributed by atoms with Gasteiger partial charge in [-0.25, -0.2) is 0 Å². The van der Waals surface area contributed by atoms with E-state index in [0.29, 0.717) is 30.7 Å². The maximum Gasteiger partial charge on any atom is 0.295 e. The first-order valence-corrected chi connectivity index (χ1v) is 13.4. The molecular formula is C30H40N2O5. The van der Waals surface area contributed by atoms with Gasteiger partial charge >= 0.3 is 0 Å². The quantitative estimate of drug-likeness (QED) is 0.199. The minimum atomic E-state index is -0.778. The number of rotatable bonds is 14. The number of likely N-dealkylation sites (tertiary alicyclic amines) is 1. The molecule has 0 radical (unpaired) electrons. The van der Waals surface area contributed by atoms with E-state index in [4.69, 9.17) is 4.74 Å². The number of ketones is 1. The Labute approximate surface area is 220 Å². The highest BCUT2D eigenvalue weighted by Gasteiger charge is 2.46. The first-order valence-electron chi connectivity index (χ1n) is 13.4. The van der Waals surface area contributed by atoms with Crippen LogP contribution in [0.5, 0.6) is 11.5 Å². The number of benzene rings is 2. The molecule has 1 atom stereocenters. The summed E-state index contributed by atoms with van der Waals surface area (Å²) in [4.78, 5) is 30.5. The smallest absolute Gasteiger partial charge is 0.295 e. The van der Waals surface area contributed by atoms with Crippen molar-refractivity contribution in [3.05, 3.63) is 65.2 Å². The normalized spacial score (nSPS) is 17.1. The van der Waals surface area contributed by atoms with E-state index in [-0.39, 0.29) is 22.8 Å². The van der Waals surface area contributed by atoms with Crippen molar-refractivity contribution < 1.29 is 24.5 Å². The average molecular weight is 509 g/mol. The second-order valence-electron chi connectivity index (χ2n) is 9.42. The monoisotopic (exact) mass is 508 g/mol. The van der Waals surface area contributed by atoms with E-state index in [2.05, 4.69) is 18.7 Å². The molecule has 1 amide bonds. The Bertz CT molecular complexity index is 1070. The van der Waals surface area contributed by atoms with E-state index in [1.54, 1.807) is 41.3 Å². The average Bonchev–Trinajstić information content (AvgIpc) is 3.16. The number of phenolic OH excluding ortho intramolecular Hbond substituents is 1. The molecule has 1 aliphatic rings. The van der Waals surface area contributed by atoms with Crippen molar-refractivity contribution in [2.45, 2.75) is 58.9 Å². The number of nitrogens with zero attached hydrogens (tertiary/aromatic N) is 2. The Hall–Kier alpha value is -3.32. The maximum atomic E-state index is 13.3. The topological polar surface area (TPSA) is 90.3 Å². The number of carbonyl (C=O) groups excluding carboxylic acids is 2. The van der Waals surface area contributed by atoms with Gasteiger partial charge in [-0.2, -0.15) is 0 Å².